The fourth-order valence-corrected chi connectivity index (χ4v) is 2.10. The van der Waals surface area contributed by atoms with Crippen molar-refractivity contribution in [1.29, 1.82) is 5.26 Å². The second kappa shape index (κ2) is 6.20. The van der Waals surface area contributed by atoms with Gasteiger partial charge in [-0.2, -0.15) is 5.26 Å². The lowest BCUT2D eigenvalue weighted by Crippen LogP contribution is -2.26. The Hall–Kier alpha value is -2.65. The maximum Gasteiger partial charge on any atom is 0.337 e. The largest absolute Gasteiger partial charge is 0.465 e. The van der Waals surface area contributed by atoms with Gasteiger partial charge >= 0.3 is 5.97 Å². The molecule has 6 heteroatoms. The number of ether oxygens (including phenoxy) is 1. The molecule has 0 unspecified atom stereocenters. The number of nitrogens with one attached hydrogen (secondary N) is 1. The fourth-order valence-electron chi connectivity index (χ4n) is 2.10. The van der Waals surface area contributed by atoms with Crippen molar-refractivity contribution in [1.82, 2.24) is 9.88 Å². The molecule has 0 saturated carbocycles. The number of aromatic amines is 1. The number of esters is 1. The van der Waals surface area contributed by atoms with Crippen molar-refractivity contribution < 1.29 is 14.3 Å². The van der Waals surface area contributed by atoms with Gasteiger partial charge in [-0.25, -0.2) is 4.79 Å². The Labute approximate surface area is 121 Å². The first-order valence-electron chi connectivity index (χ1n) is 6.35. The van der Waals surface area contributed by atoms with Crippen LogP contribution in [0.4, 0.5) is 0 Å². The Morgan fingerprint density at radius 1 is 1.43 bits per heavy atom. The van der Waals surface area contributed by atoms with Crippen molar-refractivity contribution in [2.45, 2.75) is 0 Å². The number of nitriles is 1. The number of hydrogen-bond donors (Lipinski definition) is 1. The molecule has 1 heterocycles. The summed E-state index contributed by atoms with van der Waals surface area (Å²) in [5, 5.41) is 9.29. The third-order valence-corrected chi connectivity index (χ3v) is 3.16. The summed E-state index contributed by atoms with van der Waals surface area (Å²) in [5.41, 5.74) is 1.67. The maximum absolute atomic E-state index is 12.3. The number of rotatable bonds is 5. The number of methoxy groups -OCH3 is 1. The van der Waals surface area contributed by atoms with Crippen LogP contribution in [0.25, 0.3) is 10.9 Å². The maximum atomic E-state index is 12.3. The molecule has 0 aliphatic carbocycles. The number of benzene rings is 1. The molecule has 108 valence electrons. The van der Waals surface area contributed by atoms with Crippen LogP contribution in [-0.2, 0) is 4.74 Å². The standard InChI is InChI=1S/C15H15N3O3/c1-18(6-5-16)9-14(19)12-8-17-13-4-3-10(7-11(12)13)15(20)21-2/h3-4,7-8,17H,6,9H2,1-2H3. The molecular formula is C15H15N3O3. The molecule has 2 rings (SSSR count). The molecule has 1 aromatic carbocycles. The van der Waals surface area contributed by atoms with Crippen molar-refractivity contribution in [3.05, 3.63) is 35.5 Å². The van der Waals surface area contributed by atoms with E-state index >= 15 is 0 Å². The van der Waals surface area contributed by atoms with Crippen LogP contribution in [0.5, 0.6) is 0 Å². The molecule has 0 atom stereocenters. The highest BCUT2D eigenvalue weighted by Gasteiger charge is 2.16. The van der Waals surface area contributed by atoms with Crippen LogP contribution in [0, 0.1) is 11.3 Å². The molecule has 6 nitrogen and oxygen atoms in total. The predicted molar refractivity (Wildman–Crippen MR) is 77.1 cm³/mol. The minimum Gasteiger partial charge on any atom is -0.465 e. The molecule has 0 bridgehead atoms. The zero-order chi connectivity index (χ0) is 15.4. The molecule has 0 aliphatic heterocycles. The van der Waals surface area contributed by atoms with E-state index in [9.17, 15) is 9.59 Å². The van der Waals surface area contributed by atoms with Crippen LogP contribution in [0.2, 0.25) is 0 Å². The average molecular weight is 285 g/mol. The average Bonchev–Trinajstić information content (AvgIpc) is 2.89. The van der Waals surface area contributed by atoms with Gasteiger partial charge in [0.05, 0.1) is 31.8 Å². The number of fused-ring (bicyclic) bond motifs is 1. The molecule has 0 saturated heterocycles. The zero-order valence-electron chi connectivity index (χ0n) is 11.8. The lowest BCUT2D eigenvalue weighted by molar-refractivity contribution is 0.0600. The van der Waals surface area contributed by atoms with Gasteiger partial charge in [0, 0.05) is 22.7 Å². The van der Waals surface area contributed by atoms with Gasteiger partial charge in [0.2, 0.25) is 0 Å². The number of H-pyrrole nitrogens is 1. The third kappa shape index (κ3) is 3.09. The topological polar surface area (TPSA) is 86.2 Å². The second-order valence-corrected chi connectivity index (χ2v) is 4.71. The molecule has 0 aliphatic rings. The minimum absolute atomic E-state index is 0.110. The number of likely N-dealkylation sites (N-methyl/N-ethyl adjacent to an activating group) is 1. The van der Waals surface area contributed by atoms with E-state index in [1.54, 1.807) is 36.3 Å². The highest BCUT2D eigenvalue weighted by atomic mass is 16.5. The van der Waals surface area contributed by atoms with Gasteiger partial charge < -0.3 is 9.72 Å². The highest BCUT2D eigenvalue weighted by Crippen LogP contribution is 2.21. The van der Waals surface area contributed by atoms with Gasteiger partial charge in [-0.1, -0.05) is 0 Å². The molecule has 0 fully saturated rings. The van der Waals surface area contributed by atoms with Gasteiger partial charge in [0.15, 0.2) is 5.78 Å². The Morgan fingerprint density at radius 3 is 2.86 bits per heavy atom. The number of hydrogen-bond acceptors (Lipinski definition) is 5. The summed E-state index contributed by atoms with van der Waals surface area (Å²) in [6.45, 7) is 0.324. The van der Waals surface area contributed by atoms with Gasteiger partial charge in [0.1, 0.15) is 0 Å². The van der Waals surface area contributed by atoms with Gasteiger partial charge in [-0.3, -0.25) is 9.69 Å². The smallest absolute Gasteiger partial charge is 0.337 e. The summed E-state index contributed by atoms with van der Waals surface area (Å²) in [7, 11) is 3.02. The number of nitrogens with zero attached hydrogens (tertiary/aromatic N) is 2. The lowest BCUT2D eigenvalue weighted by Gasteiger charge is -2.10. The predicted octanol–water partition coefficient (Wildman–Crippen LogP) is 1.59. The van der Waals surface area contributed by atoms with Crippen molar-refractivity contribution in [2.24, 2.45) is 0 Å². The van der Waals surface area contributed by atoms with Crippen LogP contribution < -0.4 is 0 Å². The van der Waals surface area contributed by atoms with Crippen LogP contribution in [0.3, 0.4) is 0 Å². The van der Waals surface area contributed by atoms with Crippen molar-refractivity contribution >= 4 is 22.7 Å². The van der Waals surface area contributed by atoms with E-state index in [-0.39, 0.29) is 18.9 Å². The molecular weight excluding hydrogens is 270 g/mol. The summed E-state index contributed by atoms with van der Waals surface area (Å²) in [4.78, 5) is 28.5. The SMILES string of the molecule is COC(=O)c1ccc2[nH]cc(C(=O)CN(C)CC#N)c2c1. The summed E-state index contributed by atoms with van der Waals surface area (Å²) < 4.78 is 4.68. The van der Waals surface area contributed by atoms with Crippen molar-refractivity contribution in [3.8, 4) is 6.07 Å². The zero-order valence-corrected chi connectivity index (χ0v) is 11.8. The number of aromatic nitrogens is 1. The summed E-state index contributed by atoms with van der Waals surface area (Å²) in [6.07, 6.45) is 1.62. The second-order valence-electron chi connectivity index (χ2n) is 4.71. The van der Waals surface area contributed by atoms with E-state index in [1.165, 1.54) is 7.11 Å². The molecule has 1 aromatic heterocycles. The van der Waals surface area contributed by atoms with E-state index < -0.39 is 5.97 Å². The fraction of sp³-hybridized carbons (Fsp3) is 0.267. The summed E-state index contributed by atoms with van der Waals surface area (Å²) in [5.74, 6) is -0.556. The van der Waals surface area contributed by atoms with Crippen LogP contribution >= 0.6 is 0 Å². The van der Waals surface area contributed by atoms with Crippen LogP contribution in [-0.4, -0.2) is 48.9 Å². The lowest BCUT2D eigenvalue weighted by atomic mass is 10.1. The molecule has 21 heavy (non-hydrogen) atoms. The first kappa shape index (κ1) is 14.8. The van der Waals surface area contributed by atoms with Gasteiger partial charge in [0.25, 0.3) is 0 Å². The number of carbonyl (C=O) groups is 2. The van der Waals surface area contributed by atoms with E-state index in [0.29, 0.717) is 16.5 Å². The third-order valence-electron chi connectivity index (χ3n) is 3.16. The van der Waals surface area contributed by atoms with E-state index in [0.717, 1.165) is 5.52 Å². The van der Waals surface area contributed by atoms with E-state index in [4.69, 9.17) is 5.26 Å². The Bertz CT molecular complexity index is 727. The quantitative estimate of drug-likeness (QED) is 0.512. The first-order chi connectivity index (χ1) is 10.1. The minimum atomic E-state index is -0.446. The Morgan fingerprint density at radius 2 is 2.19 bits per heavy atom. The number of Topliss-reactive ketones (excluding diaryl/α,β-unsaturated/α-hetero) is 1. The molecule has 1 N–H and O–H groups in total. The van der Waals surface area contributed by atoms with E-state index in [1.807, 2.05) is 6.07 Å². The van der Waals surface area contributed by atoms with Crippen LogP contribution in [0.1, 0.15) is 20.7 Å². The van der Waals surface area contributed by atoms with E-state index in [2.05, 4.69) is 9.72 Å². The monoisotopic (exact) mass is 285 g/mol. The Balaban J connectivity index is 2.34. The summed E-state index contributed by atoms with van der Waals surface area (Å²) in [6, 6.07) is 7.00. The molecule has 2 aromatic rings. The number of ketones is 1. The molecule has 0 spiro atoms. The van der Waals surface area contributed by atoms with Crippen molar-refractivity contribution in [2.75, 3.05) is 27.2 Å². The van der Waals surface area contributed by atoms with Crippen molar-refractivity contribution in [3.63, 3.8) is 0 Å². The van der Waals surface area contributed by atoms with Gasteiger partial charge in [-0.15, -0.1) is 0 Å². The summed E-state index contributed by atoms with van der Waals surface area (Å²) >= 11 is 0. The van der Waals surface area contributed by atoms with Gasteiger partial charge in [-0.05, 0) is 25.2 Å². The normalized spacial score (nSPS) is 10.6. The first-order valence-corrected chi connectivity index (χ1v) is 6.35. The molecule has 0 amide bonds. The Kier molecular flexibility index (Phi) is 4.36. The number of carbonyl (C=O) groups excluding carboxylic acids is 2. The van der Waals surface area contributed by atoms with Crippen LogP contribution in [0.15, 0.2) is 24.4 Å². The highest BCUT2D eigenvalue weighted by molar-refractivity contribution is 6.10. The molecule has 0 radical (unpaired) electrons.